The Kier molecular flexibility index (Phi) is 5.93. The van der Waals surface area contributed by atoms with E-state index < -0.39 is 10.2 Å². The number of rotatable bonds is 8. The van der Waals surface area contributed by atoms with E-state index in [1.807, 2.05) is 0 Å². The third-order valence-corrected chi connectivity index (χ3v) is 3.23. The Hall–Kier alpha value is -1.28. The number of Topliss-reactive ketones (excluding diaryl/α,β-unsaturated/α-hetero) is 1. The van der Waals surface area contributed by atoms with Gasteiger partial charge in [-0.1, -0.05) is 30.3 Å². The lowest BCUT2D eigenvalue weighted by Gasteiger charge is -2.07. The Balaban J connectivity index is 2.43. The second kappa shape index (κ2) is 7.22. The predicted octanol–water partition coefficient (Wildman–Crippen LogP) is -0.0603. The van der Waals surface area contributed by atoms with Gasteiger partial charge < -0.3 is 4.74 Å². The lowest BCUT2D eigenvalue weighted by molar-refractivity contribution is 0.0997. The van der Waals surface area contributed by atoms with E-state index in [-0.39, 0.29) is 25.5 Å². The van der Waals surface area contributed by atoms with Crippen molar-refractivity contribution in [3.8, 4) is 0 Å². The van der Waals surface area contributed by atoms with Crippen LogP contribution in [-0.4, -0.2) is 41.0 Å². The van der Waals surface area contributed by atoms with E-state index >= 15 is 0 Å². The number of ether oxygens (including phenoxy) is 1. The molecule has 0 amide bonds. The molecule has 6 nitrogen and oxygen atoms in total. The van der Waals surface area contributed by atoms with Crippen molar-refractivity contribution in [3.63, 3.8) is 0 Å². The summed E-state index contributed by atoms with van der Waals surface area (Å²) in [7, 11) is -2.18. The molecule has 0 spiro atoms. The van der Waals surface area contributed by atoms with E-state index in [4.69, 9.17) is 4.74 Å². The molecule has 0 bridgehead atoms. The van der Waals surface area contributed by atoms with Gasteiger partial charge in [-0.2, -0.15) is 17.9 Å². The van der Waals surface area contributed by atoms with Crippen LogP contribution in [0.3, 0.4) is 0 Å². The molecule has 1 rings (SSSR count). The van der Waals surface area contributed by atoms with E-state index in [9.17, 15) is 13.2 Å². The summed E-state index contributed by atoms with van der Waals surface area (Å²) >= 11 is 0. The molecule has 18 heavy (non-hydrogen) atoms. The van der Waals surface area contributed by atoms with Gasteiger partial charge >= 0.3 is 0 Å². The summed E-state index contributed by atoms with van der Waals surface area (Å²) in [6, 6.07) is 8.49. The minimum atomic E-state index is -3.66. The Morgan fingerprint density at radius 1 is 1.22 bits per heavy atom. The van der Waals surface area contributed by atoms with Gasteiger partial charge in [-0.05, 0) is 0 Å². The van der Waals surface area contributed by atoms with Gasteiger partial charge in [-0.3, -0.25) is 4.79 Å². The highest BCUT2D eigenvalue weighted by atomic mass is 32.2. The number of carbonyl (C=O) groups is 1. The third-order valence-electron chi connectivity index (χ3n) is 2.12. The van der Waals surface area contributed by atoms with E-state index in [2.05, 4.69) is 9.44 Å². The molecule has 0 aliphatic carbocycles. The van der Waals surface area contributed by atoms with Crippen molar-refractivity contribution in [3.05, 3.63) is 35.9 Å². The standard InChI is InChI=1S/C11H16N2O4S/c1-17-8-7-12-18(15,16)13-9-11(14)10-5-3-2-4-6-10/h2-6,12-13H,7-9H2,1H3. The molecule has 0 atom stereocenters. The average Bonchev–Trinajstić information content (AvgIpc) is 2.37. The van der Waals surface area contributed by atoms with Crippen LogP contribution in [0.25, 0.3) is 0 Å². The smallest absolute Gasteiger partial charge is 0.277 e. The molecule has 0 aliphatic rings. The summed E-state index contributed by atoms with van der Waals surface area (Å²) in [6.45, 7) is 0.158. The van der Waals surface area contributed by atoms with Gasteiger partial charge in [0, 0.05) is 19.2 Å². The number of benzene rings is 1. The summed E-state index contributed by atoms with van der Waals surface area (Å²) < 4.78 is 32.0. The van der Waals surface area contributed by atoms with Crippen molar-refractivity contribution >= 4 is 16.0 Å². The molecule has 7 heteroatoms. The molecule has 0 fully saturated rings. The lowest BCUT2D eigenvalue weighted by Crippen LogP contribution is -2.40. The molecule has 0 unspecified atom stereocenters. The van der Waals surface area contributed by atoms with Crippen molar-refractivity contribution in [2.75, 3.05) is 26.8 Å². The van der Waals surface area contributed by atoms with Crippen molar-refractivity contribution in [2.24, 2.45) is 0 Å². The molecule has 1 aromatic rings. The number of hydrogen-bond acceptors (Lipinski definition) is 4. The first-order chi connectivity index (χ1) is 8.55. The monoisotopic (exact) mass is 272 g/mol. The van der Waals surface area contributed by atoms with Gasteiger partial charge in [-0.25, -0.2) is 0 Å². The van der Waals surface area contributed by atoms with Crippen molar-refractivity contribution in [2.45, 2.75) is 0 Å². The zero-order chi connectivity index (χ0) is 13.4. The maximum atomic E-state index is 11.6. The molecule has 0 aliphatic heterocycles. The Morgan fingerprint density at radius 3 is 2.50 bits per heavy atom. The zero-order valence-corrected chi connectivity index (χ0v) is 10.9. The maximum Gasteiger partial charge on any atom is 0.277 e. The van der Waals surface area contributed by atoms with E-state index in [0.717, 1.165) is 0 Å². The van der Waals surface area contributed by atoms with Crippen LogP contribution < -0.4 is 9.44 Å². The Labute approximate surface area is 107 Å². The Bertz CT molecular complexity index is 473. The fourth-order valence-corrected chi connectivity index (χ4v) is 1.99. The highest BCUT2D eigenvalue weighted by Gasteiger charge is 2.12. The average molecular weight is 272 g/mol. The zero-order valence-electron chi connectivity index (χ0n) is 10.0. The number of carbonyl (C=O) groups excluding carboxylic acids is 1. The fourth-order valence-electron chi connectivity index (χ4n) is 1.22. The summed E-state index contributed by atoms with van der Waals surface area (Å²) in [5.74, 6) is -0.285. The molecule has 0 aromatic heterocycles. The molecular formula is C11H16N2O4S. The SMILES string of the molecule is COCCNS(=O)(=O)NCC(=O)c1ccccc1. The van der Waals surface area contributed by atoms with Crippen LogP contribution in [0.1, 0.15) is 10.4 Å². The molecule has 0 saturated heterocycles. The van der Waals surface area contributed by atoms with E-state index in [0.29, 0.717) is 5.56 Å². The van der Waals surface area contributed by atoms with Gasteiger partial charge in [0.05, 0.1) is 13.2 Å². The largest absolute Gasteiger partial charge is 0.383 e. The topological polar surface area (TPSA) is 84.5 Å². The first-order valence-corrected chi connectivity index (χ1v) is 6.85. The van der Waals surface area contributed by atoms with Crippen LogP contribution >= 0.6 is 0 Å². The molecule has 2 N–H and O–H groups in total. The summed E-state index contributed by atoms with van der Waals surface area (Å²) in [5.41, 5.74) is 0.470. The van der Waals surface area contributed by atoms with Gasteiger partial charge in [-0.15, -0.1) is 0 Å². The molecule has 1 aromatic carbocycles. The normalized spacial score (nSPS) is 11.4. The third kappa shape index (κ3) is 5.37. The van der Waals surface area contributed by atoms with Crippen molar-refractivity contribution in [1.29, 1.82) is 0 Å². The highest BCUT2D eigenvalue weighted by molar-refractivity contribution is 7.87. The quantitative estimate of drug-likeness (QED) is 0.513. The number of nitrogens with one attached hydrogen (secondary N) is 2. The fraction of sp³-hybridized carbons (Fsp3) is 0.364. The lowest BCUT2D eigenvalue weighted by atomic mass is 10.1. The molecule has 0 saturated carbocycles. The molecule has 0 heterocycles. The van der Waals surface area contributed by atoms with Gasteiger partial charge in [0.15, 0.2) is 5.78 Å². The molecule has 0 radical (unpaired) electrons. The molecular weight excluding hydrogens is 256 g/mol. The Morgan fingerprint density at radius 2 is 1.89 bits per heavy atom. The molecule has 100 valence electrons. The summed E-state index contributed by atoms with van der Waals surface area (Å²) in [6.07, 6.45) is 0. The predicted molar refractivity (Wildman–Crippen MR) is 67.6 cm³/mol. The van der Waals surface area contributed by atoms with Crippen LogP contribution in [0.4, 0.5) is 0 Å². The van der Waals surface area contributed by atoms with Gasteiger partial charge in [0.1, 0.15) is 0 Å². The number of ketones is 1. The second-order valence-electron chi connectivity index (χ2n) is 3.50. The highest BCUT2D eigenvalue weighted by Crippen LogP contribution is 1.98. The first kappa shape index (κ1) is 14.8. The second-order valence-corrected chi connectivity index (χ2v) is 5.09. The minimum absolute atomic E-state index is 0.158. The summed E-state index contributed by atoms with van der Waals surface area (Å²) in [4.78, 5) is 11.6. The van der Waals surface area contributed by atoms with Crippen molar-refractivity contribution in [1.82, 2.24) is 9.44 Å². The van der Waals surface area contributed by atoms with Crippen LogP contribution in [-0.2, 0) is 14.9 Å². The summed E-state index contributed by atoms with van der Waals surface area (Å²) in [5, 5.41) is 0. The van der Waals surface area contributed by atoms with Crippen LogP contribution in [0.15, 0.2) is 30.3 Å². The minimum Gasteiger partial charge on any atom is -0.383 e. The van der Waals surface area contributed by atoms with Crippen LogP contribution in [0.5, 0.6) is 0 Å². The van der Waals surface area contributed by atoms with Crippen LogP contribution in [0, 0.1) is 0 Å². The number of methoxy groups -OCH3 is 1. The van der Waals surface area contributed by atoms with Crippen molar-refractivity contribution < 1.29 is 17.9 Å². The van der Waals surface area contributed by atoms with Crippen LogP contribution in [0.2, 0.25) is 0 Å². The van der Waals surface area contributed by atoms with Gasteiger partial charge in [0.2, 0.25) is 0 Å². The first-order valence-electron chi connectivity index (χ1n) is 5.36. The van der Waals surface area contributed by atoms with E-state index in [1.165, 1.54) is 7.11 Å². The maximum absolute atomic E-state index is 11.6. The van der Waals surface area contributed by atoms with E-state index in [1.54, 1.807) is 30.3 Å². The van der Waals surface area contributed by atoms with Gasteiger partial charge in [0.25, 0.3) is 10.2 Å². The number of hydrogen-bond donors (Lipinski definition) is 2.